The Balaban J connectivity index is 1.67. The highest BCUT2D eigenvalue weighted by Crippen LogP contribution is 2.19. The van der Waals surface area contributed by atoms with Gasteiger partial charge < -0.3 is 15.0 Å². The number of benzene rings is 1. The standard InChI is InChI=1S/C20H25N3O2/c1-15(16-9-11-17(25-2)12-10-16)21-20(24)18-7-6-8-19(22-18)23-13-4-3-5-14-23/h6-12,15H,3-5,13-14H2,1-2H3,(H,21,24). The zero-order valence-electron chi connectivity index (χ0n) is 14.9. The van der Waals surface area contributed by atoms with Gasteiger partial charge >= 0.3 is 0 Å². The number of ether oxygens (including phenoxy) is 1. The second-order valence-corrected chi connectivity index (χ2v) is 6.40. The van der Waals surface area contributed by atoms with E-state index in [4.69, 9.17) is 4.74 Å². The lowest BCUT2D eigenvalue weighted by molar-refractivity contribution is 0.0935. The molecule has 0 saturated carbocycles. The van der Waals surface area contributed by atoms with Crippen molar-refractivity contribution < 1.29 is 9.53 Å². The summed E-state index contributed by atoms with van der Waals surface area (Å²) < 4.78 is 5.17. The van der Waals surface area contributed by atoms with E-state index in [2.05, 4.69) is 15.2 Å². The maximum absolute atomic E-state index is 12.6. The highest BCUT2D eigenvalue weighted by molar-refractivity contribution is 5.92. The summed E-state index contributed by atoms with van der Waals surface area (Å²) in [5.41, 5.74) is 1.49. The van der Waals surface area contributed by atoms with E-state index < -0.39 is 0 Å². The normalized spacial score (nSPS) is 15.5. The van der Waals surface area contributed by atoms with Crippen molar-refractivity contribution in [3.8, 4) is 5.75 Å². The number of pyridine rings is 1. The van der Waals surface area contributed by atoms with E-state index in [1.54, 1.807) is 13.2 Å². The van der Waals surface area contributed by atoms with E-state index in [9.17, 15) is 4.79 Å². The molecule has 1 amide bonds. The molecule has 1 N–H and O–H groups in total. The predicted molar refractivity (Wildman–Crippen MR) is 99.2 cm³/mol. The minimum absolute atomic E-state index is 0.0983. The van der Waals surface area contributed by atoms with Gasteiger partial charge in [0.05, 0.1) is 13.2 Å². The van der Waals surface area contributed by atoms with Gasteiger partial charge in [-0.15, -0.1) is 0 Å². The van der Waals surface area contributed by atoms with E-state index in [0.29, 0.717) is 5.69 Å². The number of nitrogens with one attached hydrogen (secondary N) is 1. The van der Waals surface area contributed by atoms with Crippen LogP contribution in [0.25, 0.3) is 0 Å². The molecule has 1 unspecified atom stereocenters. The number of hydrogen-bond acceptors (Lipinski definition) is 4. The molecule has 2 aromatic rings. The van der Waals surface area contributed by atoms with Crippen molar-refractivity contribution in [2.24, 2.45) is 0 Å². The van der Waals surface area contributed by atoms with Crippen LogP contribution in [0.1, 0.15) is 48.3 Å². The molecular formula is C20H25N3O2. The first-order valence-electron chi connectivity index (χ1n) is 8.84. The molecule has 1 atom stereocenters. The summed E-state index contributed by atoms with van der Waals surface area (Å²) in [6.45, 7) is 3.99. The molecule has 1 saturated heterocycles. The quantitative estimate of drug-likeness (QED) is 0.905. The zero-order valence-corrected chi connectivity index (χ0v) is 14.9. The SMILES string of the molecule is COc1ccc(C(C)NC(=O)c2cccc(N3CCCCC3)n2)cc1. The van der Waals surface area contributed by atoms with Gasteiger partial charge in [0.25, 0.3) is 5.91 Å². The summed E-state index contributed by atoms with van der Waals surface area (Å²) in [4.78, 5) is 19.4. The van der Waals surface area contributed by atoms with Gasteiger partial charge in [-0.05, 0) is 56.0 Å². The maximum atomic E-state index is 12.6. The number of nitrogens with zero attached hydrogens (tertiary/aromatic N) is 2. The largest absolute Gasteiger partial charge is 0.497 e. The number of piperidine rings is 1. The van der Waals surface area contributed by atoms with Crippen molar-refractivity contribution in [1.29, 1.82) is 0 Å². The van der Waals surface area contributed by atoms with Crippen LogP contribution in [0.4, 0.5) is 5.82 Å². The molecule has 5 nitrogen and oxygen atoms in total. The van der Waals surface area contributed by atoms with Gasteiger partial charge in [-0.2, -0.15) is 0 Å². The average molecular weight is 339 g/mol. The van der Waals surface area contributed by atoms with Crippen LogP contribution in [0, 0.1) is 0 Å². The fourth-order valence-electron chi connectivity index (χ4n) is 3.10. The number of methoxy groups -OCH3 is 1. The van der Waals surface area contributed by atoms with E-state index in [1.807, 2.05) is 43.3 Å². The van der Waals surface area contributed by atoms with E-state index in [0.717, 1.165) is 30.2 Å². The molecule has 1 aliphatic rings. The van der Waals surface area contributed by atoms with Gasteiger partial charge in [0.1, 0.15) is 17.3 Å². The van der Waals surface area contributed by atoms with Crippen LogP contribution in [0.2, 0.25) is 0 Å². The number of carbonyl (C=O) groups excluding carboxylic acids is 1. The molecule has 1 aliphatic heterocycles. The van der Waals surface area contributed by atoms with Crippen molar-refractivity contribution in [3.05, 3.63) is 53.7 Å². The molecule has 0 radical (unpaired) electrons. The van der Waals surface area contributed by atoms with Crippen molar-refractivity contribution >= 4 is 11.7 Å². The Morgan fingerprint density at radius 1 is 1.12 bits per heavy atom. The first-order chi connectivity index (χ1) is 12.2. The monoisotopic (exact) mass is 339 g/mol. The third kappa shape index (κ3) is 4.29. The average Bonchev–Trinajstić information content (AvgIpc) is 2.68. The molecule has 0 spiro atoms. The third-order valence-corrected chi connectivity index (χ3v) is 4.61. The molecule has 0 bridgehead atoms. The van der Waals surface area contributed by atoms with E-state index in [1.165, 1.54) is 19.3 Å². The van der Waals surface area contributed by atoms with Crippen LogP contribution < -0.4 is 15.0 Å². The van der Waals surface area contributed by atoms with Crippen LogP contribution in [0.5, 0.6) is 5.75 Å². The van der Waals surface area contributed by atoms with Gasteiger partial charge in [-0.1, -0.05) is 18.2 Å². The van der Waals surface area contributed by atoms with Crippen molar-refractivity contribution in [1.82, 2.24) is 10.3 Å². The van der Waals surface area contributed by atoms with Crippen LogP contribution >= 0.6 is 0 Å². The van der Waals surface area contributed by atoms with Gasteiger partial charge in [0.15, 0.2) is 0 Å². The van der Waals surface area contributed by atoms with Crippen LogP contribution in [0.15, 0.2) is 42.5 Å². The molecule has 1 fully saturated rings. The Morgan fingerprint density at radius 3 is 2.52 bits per heavy atom. The molecule has 1 aromatic carbocycles. The molecule has 5 heteroatoms. The molecule has 3 rings (SSSR count). The fourth-order valence-corrected chi connectivity index (χ4v) is 3.10. The first-order valence-corrected chi connectivity index (χ1v) is 8.84. The number of carbonyl (C=O) groups is 1. The van der Waals surface area contributed by atoms with E-state index in [-0.39, 0.29) is 11.9 Å². The lowest BCUT2D eigenvalue weighted by Gasteiger charge is -2.27. The second kappa shape index (κ2) is 8.01. The Labute approximate surface area is 149 Å². The minimum Gasteiger partial charge on any atom is -0.497 e. The molecule has 25 heavy (non-hydrogen) atoms. The number of amides is 1. The molecular weight excluding hydrogens is 314 g/mol. The van der Waals surface area contributed by atoms with Gasteiger partial charge in [0, 0.05) is 13.1 Å². The maximum Gasteiger partial charge on any atom is 0.270 e. The Bertz CT molecular complexity index is 709. The van der Waals surface area contributed by atoms with Gasteiger partial charge in [-0.3, -0.25) is 4.79 Å². The summed E-state index contributed by atoms with van der Waals surface area (Å²) in [6.07, 6.45) is 3.65. The van der Waals surface area contributed by atoms with Crippen LogP contribution in [-0.2, 0) is 0 Å². The molecule has 1 aromatic heterocycles. The highest BCUT2D eigenvalue weighted by atomic mass is 16.5. The summed E-state index contributed by atoms with van der Waals surface area (Å²) in [5.74, 6) is 1.55. The van der Waals surface area contributed by atoms with E-state index >= 15 is 0 Å². The second-order valence-electron chi connectivity index (χ2n) is 6.40. The lowest BCUT2D eigenvalue weighted by atomic mass is 10.1. The topological polar surface area (TPSA) is 54.5 Å². The first kappa shape index (κ1) is 17.3. The third-order valence-electron chi connectivity index (χ3n) is 4.61. The smallest absolute Gasteiger partial charge is 0.270 e. The van der Waals surface area contributed by atoms with Crippen molar-refractivity contribution in [2.75, 3.05) is 25.1 Å². The van der Waals surface area contributed by atoms with Crippen molar-refractivity contribution in [2.45, 2.75) is 32.2 Å². The Kier molecular flexibility index (Phi) is 5.53. The number of rotatable bonds is 5. The summed E-state index contributed by atoms with van der Waals surface area (Å²) in [5, 5.41) is 3.02. The van der Waals surface area contributed by atoms with Crippen LogP contribution in [-0.4, -0.2) is 31.1 Å². The van der Waals surface area contributed by atoms with Crippen LogP contribution in [0.3, 0.4) is 0 Å². The summed E-state index contributed by atoms with van der Waals surface area (Å²) >= 11 is 0. The molecule has 2 heterocycles. The van der Waals surface area contributed by atoms with Gasteiger partial charge in [-0.25, -0.2) is 4.98 Å². The van der Waals surface area contributed by atoms with Crippen molar-refractivity contribution in [3.63, 3.8) is 0 Å². The number of hydrogen-bond donors (Lipinski definition) is 1. The lowest BCUT2D eigenvalue weighted by Crippen LogP contribution is -2.31. The Morgan fingerprint density at radius 2 is 1.84 bits per heavy atom. The fraction of sp³-hybridized carbons (Fsp3) is 0.400. The number of aromatic nitrogens is 1. The number of anilines is 1. The Hall–Kier alpha value is -2.56. The molecule has 0 aliphatic carbocycles. The zero-order chi connectivity index (χ0) is 17.6. The highest BCUT2D eigenvalue weighted by Gasteiger charge is 2.16. The molecule has 132 valence electrons. The summed E-state index contributed by atoms with van der Waals surface area (Å²) in [7, 11) is 1.64. The van der Waals surface area contributed by atoms with Gasteiger partial charge in [0.2, 0.25) is 0 Å². The predicted octanol–water partition coefficient (Wildman–Crippen LogP) is 3.57. The minimum atomic E-state index is -0.151. The summed E-state index contributed by atoms with van der Waals surface area (Å²) in [6, 6.07) is 13.3.